The van der Waals surface area contributed by atoms with Crippen molar-refractivity contribution >= 4 is 15.9 Å². The molecule has 0 spiro atoms. The molecule has 2 aromatic carbocycles. The van der Waals surface area contributed by atoms with Crippen molar-refractivity contribution in [2.45, 2.75) is 38.4 Å². The second-order valence-electron chi connectivity index (χ2n) is 8.82. The first-order valence-corrected chi connectivity index (χ1v) is 13.3. The van der Waals surface area contributed by atoms with E-state index in [2.05, 4.69) is 4.98 Å². The van der Waals surface area contributed by atoms with Gasteiger partial charge in [0.1, 0.15) is 18.2 Å². The Labute approximate surface area is 212 Å². The molecule has 4 rings (SSSR count). The number of nitrogens with zero attached hydrogens (tertiary/aromatic N) is 4. The molecule has 0 bridgehead atoms. The quantitative estimate of drug-likeness (QED) is 0.388. The van der Waals surface area contributed by atoms with Crippen molar-refractivity contribution in [3.63, 3.8) is 0 Å². The van der Waals surface area contributed by atoms with E-state index in [0.29, 0.717) is 36.5 Å². The third kappa shape index (κ3) is 5.77. The molecule has 0 saturated heterocycles. The summed E-state index contributed by atoms with van der Waals surface area (Å²) in [6.07, 6.45) is 3.63. The van der Waals surface area contributed by atoms with Crippen molar-refractivity contribution in [2.24, 2.45) is 0 Å². The van der Waals surface area contributed by atoms with E-state index in [1.54, 1.807) is 44.2 Å². The van der Waals surface area contributed by atoms with E-state index >= 15 is 0 Å². The number of aromatic nitrogens is 2. The molecule has 0 aliphatic carbocycles. The van der Waals surface area contributed by atoms with Crippen molar-refractivity contribution < 1.29 is 22.7 Å². The lowest BCUT2D eigenvalue weighted by Gasteiger charge is -2.28. The first kappa shape index (κ1) is 25.9. The van der Waals surface area contributed by atoms with Crippen LogP contribution in [-0.4, -0.2) is 66.5 Å². The number of fused-ring (bicyclic) bond motifs is 1. The highest BCUT2D eigenvalue weighted by atomic mass is 32.2. The van der Waals surface area contributed by atoms with Gasteiger partial charge in [-0.2, -0.15) is 4.31 Å². The Morgan fingerprint density at radius 2 is 1.83 bits per heavy atom. The van der Waals surface area contributed by atoms with Crippen LogP contribution in [0.15, 0.2) is 59.8 Å². The Hall–Kier alpha value is -3.21. The molecular formula is C26H32N4O5S. The van der Waals surface area contributed by atoms with Crippen LogP contribution in [0, 0.1) is 13.8 Å². The second-order valence-corrected chi connectivity index (χ2v) is 10.7. The highest BCUT2D eigenvalue weighted by molar-refractivity contribution is 7.89. The van der Waals surface area contributed by atoms with Gasteiger partial charge in [0.25, 0.3) is 0 Å². The summed E-state index contributed by atoms with van der Waals surface area (Å²) in [6.45, 7) is 5.56. The number of amides is 1. The minimum Gasteiger partial charge on any atom is -0.497 e. The summed E-state index contributed by atoms with van der Waals surface area (Å²) in [6, 6.07) is 12.9. The monoisotopic (exact) mass is 512 g/mol. The molecule has 192 valence electrons. The van der Waals surface area contributed by atoms with Crippen molar-refractivity contribution in [3.8, 4) is 5.75 Å². The average Bonchev–Trinajstić information content (AvgIpc) is 3.33. The predicted octanol–water partition coefficient (Wildman–Crippen LogP) is 2.76. The fourth-order valence-corrected chi connectivity index (χ4v) is 6.26. The fraction of sp³-hybridized carbons (Fsp3) is 0.385. The topological polar surface area (TPSA) is 94.0 Å². The van der Waals surface area contributed by atoms with E-state index in [0.717, 1.165) is 11.4 Å². The number of benzene rings is 2. The molecule has 0 radical (unpaired) electrons. The summed E-state index contributed by atoms with van der Waals surface area (Å²) >= 11 is 0. The van der Waals surface area contributed by atoms with Crippen molar-refractivity contribution in [2.75, 3.05) is 33.4 Å². The molecule has 0 atom stereocenters. The Kier molecular flexibility index (Phi) is 8.07. The molecule has 0 unspecified atom stereocenters. The van der Waals surface area contributed by atoms with Gasteiger partial charge in [-0.1, -0.05) is 30.3 Å². The first-order valence-electron chi connectivity index (χ1n) is 11.8. The van der Waals surface area contributed by atoms with Crippen LogP contribution in [0.5, 0.6) is 5.75 Å². The van der Waals surface area contributed by atoms with Crippen LogP contribution in [0.2, 0.25) is 0 Å². The number of hydrogen-bond donors (Lipinski definition) is 0. The van der Waals surface area contributed by atoms with E-state index in [4.69, 9.17) is 9.47 Å². The van der Waals surface area contributed by atoms with Crippen LogP contribution >= 0.6 is 0 Å². The Balaban J connectivity index is 1.44. The molecule has 10 heteroatoms. The van der Waals surface area contributed by atoms with Crippen molar-refractivity contribution in [1.82, 2.24) is 18.8 Å². The van der Waals surface area contributed by atoms with Gasteiger partial charge < -0.3 is 18.9 Å². The summed E-state index contributed by atoms with van der Waals surface area (Å²) in [4.78, 5) is 18.9. The predicted molar refractivity (Wildman–Crippen MR) is 135 cm³/mol. The Bertz CT molecular complexity index is 1280. The summed E-state index contributed by atoms with van der Waals surface area (Å²) in [5.74, 6) is 1.32. The smallest absolute Gasteiger partial charge is 0.249 e. The maximum absolute atomic E-state index is 13.8. The lowest BCUT2D eigenvalue weighted by Crippen LogP contribution is -2.40. The number of aryl methyl sites for hydroxylation is 2. The summed E-state index contributed by atoms with van der Waals surface area (Å²) in [7, 11) is -2.29. The Morgan fingerprint density at radius 3 is 2.53 bits per heavy atom. The molecule has 0 fully saturated rings. The standard InChI is InChI=1S/C26H32N4O5S/c1-20-15-23(34-3)16-21(2)26(20)36(32,33)30(17-22-7-5-4-6-8-22)13-14-35-19-25(31)29-12-11-28-10-9-27-24(28)18-29/h4-10,15-16H,11-14,17-19H2,1-3H3. The van der Waals surface area contributed by atoms with Gasteiger partial charge in [-0.3, -0.25) is 4.79 Å². The van der Waals surface area contributed by atoms with Gasteiger partial charge in [-0.25, -0.2) is 13.4 Å². The molecule has 0 saturated carbocycles. The third-order valence-electron chi connectivity index (χ3n) is 6.28. The number of hydrogen-bond acceptors (Lipinski definition) is 6. The second kappa shape index (κ2) is 11.2. The molecule has 2 heterocycles. The van der Waals surface area contributed by atoms with Crippen LogP contribution in [0.3, 0.4) is 0 Å². The largest absolute Gasteiger partial charge is 0.497 e. The number of carbonyl (C=O) groups excluding carboxylic acids is 1. The minimum absolute atomic E-state index is 0.0918. The summed E-state index contributed by atoms with van der Waals surface area (Å²) in [5, 5.41) is 0. The molecule has 1 aliphatic rings. The number of sulfonamides is 1. The lowest BCUT2D eigenvalue weighted by molar-refractivity contribution is -0.137. The number of carbonyl (C=O) groups is 1. The highest BCUT2D eigenvalue weighted by Gasteiger charge is 2.29. The van der Waals surface area contributed by atoms with Crippen LogP contribution in [0.25, 0.3) is 0 Å². The van der Waals surface area contributed by atoms with Crippen LogP contribution in [0.1, 0.15) is 22.5 Å². The van der Waals surface area contributed by atoms with E-state index in [1.807, 2.05) is 41.1 Å². The van der Waals surface area contributed by atoms with Crippen LogP contribution in [0.4, 0.5) is 0 Å². The molecular weight excluding hydrogens is 480 g/mol. The minimum atomic E-state index is -3.84. The number of ether oxygens (including phenoxy) is 2. The normalized spacial score (nSPS) is 13.6. The van der Waals surface area contributed by atoms with Gasteiger partial charge in [0.05, 0.1) is 25.2 Å². The van der Waals surface area contributed by atoms with E-state index in [9.17, 15) is 13.2 Å². The summed E-state index contributed by atoms with van der Waals surface area (Å²) in [5.41, 5.74) is 2.10. The molecule has 9 nitrogen and oxygen atoms in total. The zero-order valence-electron chi connectivity index (χ0n) is 20.9. The van der Waals surface area contributed by atoms with E-state index < -0.39 is 10.0 Å². The van der Waals surface area contributed by atoms with Crippen LogP contribution < -0.4 is 4.74 Å². The van der Waals surface area contributed by atoms with Gasteiger partial charge in [-0.15, -0.1) is 0 Å². The molecule has 1 aliphatic heterocycles. The van der Waals surface area contributed by atoms with Crippen LogP contribution in [-0.2, 0) is 39.2 Å². The zero-order valence-corrected chi connectivity index (χ0v) is 21.7. The number of rotatable bonds is 10. The van der Waals surface area contributed by atoms with Crippen molar-refractivity contribution in [3.05, 3.63) is 77.4 Å². The lowest BCUT2D eigenvalue weighted by atomic mass is 10.1. The van der Waals surface area contributed by atoms with Crippen molar-refractivity contribution in [1.29, 1.82) is 0 Å². The fourth-order valence-electron chi connectivity index (χ4n) is 4.44. The van der Waals surface area contributed by atoms with E-state index in [1.165, 1.54) is 4.31 Å². The Morgan fingerprint density at radius 1 is 1.11 bits per heavy atom. The zero-order chi connectivity index (χ0) is 25.7. The maximum atomic E-state index is 13.8. The molecule has 1 amide bonds. The van der Waals surface area contributed by atoms with Gasteiger partial charge in [-0.05, 0) is 42.7 Å². The van der Waals surface area contributed by atoms with Gasteiger partial charge in [0.2, 0.25) is 15.9 Å². The third-order valence-corrected chi connectivity index (χ3v) is 8.43. The SMILES string of the molecule is COc1cc(C)c(S(=O)(=O)N(CCOCC(=O)N2CCn3ccnc3C2)Cc2ccccc2)c(C)c1. The van der Waals surface area contributed by atoms with E-state index in [-0.39, 0.29) is 37.1 Å². The molecule has 36 heavy (non-hydrogen) atoms. The first-order chi connectivity index (χ1) is 17.3. The maximum Gasteiger partial charge on any atom is 0.249 e. The average molecular weight is 513 g/mol. The molecule has 3 aromatic rings. The highest BCUT2D eigenvalue weighted by Crippen LogP contribution is 2.29. The number of methoxy groups -OCH3 is 1. The summed E-state index contributed by atoms with van der Waals surface area (Å²) < 4.78 is 42.0. The molecule has 1 aromatic heterocycles. The number of imidazole rings is 1. The van der Waals surface area contributed by atoms with Gasteiger partial charge >= 0.3 is 0 Å². The van der Waals surface area contributed by atoms with Gasteiger partial charge in [0.15, 0.2) is 0 Å². The molecule has 0 N–H and O–H groups in total. The van der Waals surface area contributed by atoms with Gasteiger partial charge in [0, 0.05) is 38.6 Å².